The van der Waals surface area contributed by atoms with Crippen LogP contribution in [-0.2, 0) is 9.84 Å². The summed E-state index contributed by atoms with van der Waals surface area (Å²) in [7, 11) is -3.27. The highest BCUT2D eigenvalue weighted by Gasteiger charge is 2.32. The molecule has 2 aliphatic heterocycles. The topological polar surface area (TPSA) is 113 Å². The minimum Gasteiger partial charge on any atom is -0.485 e. The molecule has 4 heterocycles. The lowest BCUT2D eigenvalue weighted by molar-refractivity contribution is 0.290. The maximum Gasteiger partial charge on any atom is 0.225 e. The van der Waals surface area contributed by atoms with E-state index in [9.17, 15) is 8.42 Å². The van der Waals surface area contributed by atoms with Gasteiger partial charge in [-0.15, -0.1) is 0 Å². The molecule has 0 aliphatic carbocycles. The highest BCUT2D eigenvalue weighted by atomic mass is 32.2. The average Bonchev–Trinajstić information content (AvgIpc) is 2.85. The van der Waals surface area contributed by atoms with E-state index in [0.717, 1.165) is 55.5 Å². The monoisotopic (exact) mass is 481 g/mol. The van der Waals surface area contributed by atoms with Crippen LogP contribution < -0.4 is 19.9 Å². The van der Waals surface area contributed by atoms with E-state index in [4.69, 9.17) is 4.74 Å². The summed E-state index contributed by atoms with van der Waals surface area (Å²) in [5.74, 6) is 2.74. The Labute approximate surface area is 199 Å². The zero-order valence-electron chi connectivity index (χ0n) is 19.2. The molecule has 11 heteroatoms. The Balaban J connectivity index is 1.34. The van der Waals surface area contributed by atoms with Crippen molar-refractivity contribution in [1.29, 1.82) is 0 Å². The molecule has 3 aromatic rings. The van der Waals surface area contributed by atoms with Crippen molar-refractivity contribution in [1.82, 2.24) is 19.9 Å². The number of hydrogen-bond donors (Lipinski definition) is 1. The Hall–Kier alpha value is -3.47. The van der Waals surface area contributed by atoms with Crippen molar-refractivity contribution in [2.75, 3.05) is 47.6 Å². The SMILES string of the molecule is Cc1cc(S(C)(=O)=O)ccc1Nc1ncnc2c1OCCN2C1CCN(c2ncccn2)CC1. The standard InChI is InChI=1S/C23H27N7O3S/c1-16-14-18(34(2,31)32)4-5-19(16)28-21-20-22(27-15-26-21)30(12-13-33-20)17-6-10-29(11-7-17)23-24-8-3-9-25-23/h3-5,8-9,14-15,17H,6-7,10-13H2,1-2H3,(H,26,27,28). The Morgan fingerprint density at radius 1 is 1.06 bits per heavy atom. The first kappa shape index (κ1) is 22.3. The van der Waals surface area contributed by atoms with Crippen molar-refractivity contribution >= 4 is 33.1 Å². The molecule has 1 saturated heterocycles. The summed E-state index contributed by atoms with van der Waals surface area (Å²) in [6, 6.07) is 7.16. The molecule has 1 aromatic carbocycles. The quantitative estimate of drug-likeness (QED) is 0.583. The number of fused-ring (bicyclic) bond motifs is 1. The minimum absolute atomic E-state index is 0.287. The molecular weight excluding hydrogens is 454 g/mol. The number of piperidine rings is 1. The van der Waals surface area contributed by atoms with Crippen molar-refractivity contribution in [3.05, 3.63) is 48.5 Å². The molecule has 2 aliphatic rings. The first-order valence-electron chi connectivity index (χ1n) is 11.2. The second-order valence-corrected chi connectivity index (χ2v) is 10.6. The van der Waals surface area contributed by atoms with Gasteiger partial charge in [0.1, 0.15) is 12.9 Å². The van der Waals surface area contributed by atoms with E-state index in [1.165, 1.54) is 12.6 Å². The molecular formula is C23H27N7O3S. The van der Waals surface area contributed by atoms with E-state index in [1.54, 1.807) is 30.6 Å². The van der Waals surface area contributed by atoms with Crippen molar-refractivity contribution < 1.29 is 13.2 Å². The third-order valence-corrected chi connectivity index (χ3v) is 7.37. The number of sulfone groups is 1. The predicted molar refractivity (Wildman–Crippen MR) is 130 cm³/mol. The number of ether oxygens (including phenoxy) is 1. The Bertz CT molecular complexity index is 1280. The van der Waals surface area contributed by atoms with Gasteiger partial charge in [0.25, 0.3) is 0 Å². The molecule has 1 fully saturated rings. The summed E-state index contributed by atoms with van der Waals surface area (Å²) >= 11 is 0. The molecule has 1 N–H and O–H groups in total. The van der Waals surface area contributed by atoms with Gasteiger partial charge in [-0.05, 0) is 49.6 Å². The first-order valence-corrected chi connectivity index (χ1v) is 13.1. The fourth-order valence-corrected chi connectivity index (χ4v) is 5.17. The van der Waals surface area contributed by atoms with Crippen LogP contribution in [0.15, 0.2) is 47.9 Å². The van der Waals surface area contributed by atoms with Gasteiger partial charge >= 0.3 is 0 Å². The zero-order chi connectivity index (χ0) is 23.7. The summed E-state index contributed by atoms with van der Waals surface area (Å²) < 4.78 is 29.7. The van der Waals surface area contributed by atoms with E-state index in [1.807, 2.05) is 13.0 Å². The lowest BCUT2D eigenvalue weighted by Gasteiger charge is -2.41. The van der Waals surface area contributed by atoms with Gasteiger partial charge in [-0.3, -0.25) is 0 Å². The van der Waals surface area contributed by atoms with Crippen molar-refractivity contribution in [3.63, 3.8) is 0 Å². The van der Waals surface area contributed by atoms with Crippen molar-refractivity contribution in [2.24, 2.45) is 0 Å². The molecule has 0 atom stereocenters. The maximum atomic E-state index is 11.9. The van der Waals surface area contributed by atoms with Gasteiger partial charge in [0.2, 0.25) is 11.7 Å². The number of benzene rings is 1. The molecule has 178 valence electrons. The van der Waals surface area contributed by atoms with Gasteiger partial charge in [0.05, 0.1) is 11.4 Å². The second-order valence-electron chi connectivity index (χ2n) is 8.56. The zero-order valence-corrected chi connectivity index (χ0v) is 20.0. The Morgan fingerprint density at radius 2 is 1.82 bits per heavy atom. The van der Waals surface area contributed by atoms with Gasteiger partial charge in [0.15, 0.2) is 21.5 Å². The van der Waals surface area contributed by atoms with Crippen molar-refractivity contribution in [2.45, 2.75) is 30.7 Å². The minimum atomic E-state index is -3.27. The van der Waals surface area contributed by atoms with Crippen LogP contribution in [0.25, 0.3) is 0 Å². The molecule has 0 saturated carbocycles. The molecule has 2 aromatic heterocycles. The fourth-order valence-electron chi connectivity index (χ4n) is 4.47. The summed E-state index contributed by atoms with van der Waals surface area (Å²) in [5.41, 5.74) is 1.57. The van der Waals surface area contributed by atoms with Gasteiger partial charge in [-0.1, -0.05) is 0 Å². The van der Waals surface area contributed by atoms with Crippen LogP contribution in [0.1, 0.15) is 18.4 Å². The number of aromatic nitrogens is 4. The Morgan fingerprint density at radius 3 is 2.53 bits per heavy atom. The number of hydrogen-bond acceptors (Lipinski definition) is 10. The Kier molecular flexibility index (Phi) is 5.94. The third kappa shape index (κ3) is 4.47. The van der Waals surface area contributed by atoms with Gasteiger partial charge in [0, 0.05) is 43.5 Å². The maximum absolute atomic E-state index is 11.9. The van der Waals surface area contributed by atoms with Crippen LogP contribution in [0.2, 0.25) is 0 Å². The van der Waals surface area contributed by atoms with Gasteiger partial charge in [-0.25, -0.2) is 28.4 Å². The first-order chi connectivity index (χ1) is 16.4. The van der Waals surface area contributed by atoms with Crippen LogP contribution in [0.4, 0.5) is 23.3 Å². The lowest BCUT2D eigenvalue weighted by atomic mass is 10.0. The molecule has 10 nitrogen and oxygen atoms in total. The summed E-state index contributed by atoms with van der Waals surface area (Å²) in [5, 5.41) is 3.31. The largest absolute Gasteiger partial charge is 0.485 e. The van der Waals surface area contributed by atoms with E-state index < -0.39 is 9.84 Å². The fraction of sp³-hybridized carbons (Fsp3) is 0.391. The van der Waals surface area contributed by atoms with Crippen LogP contribution in [0, 0.1) is 6.92 Å². The van der Waals surface area contributed by atoms with Gasteiger partial charge in [-0.2, -0.15) is 0 Å². The van der Waals surface area contributed by atoms with Crippen molar-refractivity contribution in [3.8, 4) is 5.75 Å². The number of nitrogens with one attached hydrogen (secondary N) is 1. The number of anilines is 4. The summed E-state index contributed by atoms with van der Waals surface area (Å²) in [6.45, 7) is 4.93. The smallest absolute Gasteiger partial charge is 0.225 e. The molecule has 34 heavy (non-hydrogen) atoms. The predicted octanol–water partition coefficient (Wildman–Crippen LogP) is 2.59. The van der Waals surface area contributed by atoms with Crippen LogP contribution in [-0.4, -0.2) is 66.9 Å². The van der Waals surface area contributed by atoms with Gasteiger partial charge < -0.3 is 19.9 Å². The number of nitrogens with zero attached hydrogens (tertiary/aromatic N) is 6. The molecule has 5 rings (SSSR count). The molecule has 0 unspecified atom stereocenters. The number of rotatable bonds is 5. The summed E-state index contributed by atoms with van der Waals surface area (Å²) in [6.07, 6.45) is 8.22. The van der Waals surface area contributed by atoms with Crippen LogP contribution in [0.5, 0.6) is 5.75 Å². The molecule has 0 spiro atoms. The summed E-state index contributed by atoms with van der Waals surface area (Å²) in [4.78, 5) is 22.5. The van der Waals surface area contributed by atoms with E-state index in [2.05, 4.69) is 35.1 Å². The van der Waals surface area contributed by atoms with Crippen LogP contribution in [0.3, 0.4) is 0 Å². The normalized spacial score (nSPS) is 16.6. The average molecular weight is 482 g/mol. The van der Waals surface area contributed by atoms with E-state index in [0.29, 0.717) is 24.2 Å². The molecule has 0 amide bonds. The highest BCUT2D eigenvalue weighted by molar-refractivity contribution is 7.90. The van der Waals surface area contributed by atoms with E-state index in [-0.39, 0.29) is 4.90 Å². The molecule has 0 bridgehead atoms. The van der Waals surface area contributed by atoms with Crippen LogP contribution >= 0.6 is 0 Å². The second kappa shape index (κ2) is 9.05. The third-order valence-electron chi connectivity index (χ3n) is 6.25. The number of aryl methyl sites for hydroxylation is 1. The lowest BCUT2D eigenvalue weighted by Crippen LogP contribution is -2.48. The van der Waals surface area contributed by atoms with E-state index >= 15 is 0 Å². The molecule has 0 radical (unpaired) electrons. The highest BCUT2D eigenvalue weighted by Crippen LogP contribution is 2.39.